The second-order valence-corrected chi connectivity index (χ2v) is 5.71. The number of carbonyl (C=O) groups is 1. The van der Waals surface area contributed by atoms with Crippen molar-refractivity contribution in [1.82, 2.24) is 15.6 Å². The Labute approximate surface area is 162 Å². The van der Waals surface area contributed by atoms with Crippen LogP contribution in [0.15, 0.2) is 53.6 Å². The third kappa shape index (κ3) is 4.29. The van der Waals surface area contributed by atoms with Crippen molar-refractivity contribution in [3.8, 4) is 28.5 Å². The van der Waals surface area contributed by atoms with Crippen molar-refractivity contribution in [1.29, 1.82) is 0 Å². The van der Waals surface area contributed by atoms with E-state index in [4.69, 9.17) is 14.2 Å². The number of hydrazone groups is 1. The van der Waals surface area contributed by atoms with Gasteiger partial charge in [0, 0.05) is 5.56 Å². The Balaban J connectivity index is 1.67. The summed E-state index contributed by atoms with van der Waals surface area (Å²) in [5.74, 6) is 1.55. The number of ether oxygens (including phenoxy) is 3. The van der Waals surface area contributed by atoms with Gasteiger partial charge in [-0.3, -0.25) is 9.89 Å². The summed E-state index contributed by atoms with van der Waals surface area (Å²) in [5, 5.41) is 10.8. The summed E-state index contributed by atoms with van der Waals surface area (Å²) in [6.45, 7) is 0. The topological polar surface area (TPSA) is 97.8 Å². The molecule has 1 aromatic heterocycles. The van der Waals surface area contributed by atoms with E-state index in [0.717, 1.165) is 16.9 Å². The lowest BCUT2D eigenvalue weighted by molar-refractivity contribution is 0.0950. The summed E-state index contributed by atoms with van der Waals surface area (Å²) in [6.07, 6.45) is 1.54. The summed E-state index contributed by atoms with van der Waals surface area (Å²) in [4.78, 5) is 12.2. The minimum atomic E-state index is -0.399. The smallest absolute Gasteiger partial charge is 0.289 e. The van der Waals surface area contributed by atoms with Crippen LogP contribution in [-0.4, -0.2) is 43.6 Å². The molecule has 0 saturated heterocycles. The molecular weight excluding hydrogens is 360 g/mol. The molecule has 144 valence electrons. The number of amides is 1. The zero-order chi connectivity index (χ0) is 19.9. The lowest BCUT2D eigenvalue weighted by atomic mass is 10.1. The van der Waals surface area contributed by atoms with E-state index in [1.54, 1.807) is 45.7 Å². The first-order valence-electron chi connectivity index (χ1n) is 8.40. The van der Waals surface area contributed by atoms with Crippen LogP contribution in [-0.2, 0) is 0 Å². The van der Waals surface area contributed by atoms with Crippen molar-refractivity contribution in [3.63, 3.8) is 0 Å². The normalized spacial score (nSPS) is 10.7. The molecule has 2 N–H and O–H groups in total. The van der Waals surface area contributed by atoms with E-state index in [1.165, 1.54) is 0 Å². The second-order valence-electron chi connectivity index (χ2n) is 5.71. The van der Waals surface area contributed by atoms with Gasteiger partial charge < -0.3 is 14.2 Å². The third-order valence-electron chi connectivity index (χ3n) is 4.00. The third-order valence-corrected chi connectivity index (χ3v) is 4.00. The van der Waals surface area contributed by atoms with Crippen LogP contribution in [0.25, 0.3) is 11.3 Å². The maximum absolute atomic E-state index is 12.2. The molecule has 8 heteroatoms. The summed E-state index contributed by atoms with van der Waals surface area (Å²) in [5.41, 5.74) is 4.97. The van der Waals surface area contributed by atoms with Gasteiger partial charge in [0.05, 0.1) is 33.2 Å². The fraction of sp³-hybridized carbons (Fsp3) is 0.150. The number of H-pyrrole nitrogens is 1. The monoisotopic (exact) mass is 380 g/mol. The molecule has 0 aliphatic heterocycles. The van der Waals surface area contributed by atoms with Gasteiger partial charge in [-0.2, -0.15) is 10.2 Å². The predicted molar refractivity (Wildman–Crippen MR) is 105 cm³/mol. The fourth-order valence-corrected chi connectivity index (χ4v) is 2.50. The Hall–Kier alpha value is -3.81. The van der Waals surface area contributed by atoms with Crippen LogP contribution in [0.5, 0.6) is 17.2 Å². The predicted octanol–water partition coefficient (Wildman–Crippen LogP) is 2.87. The number of hydrogen-bond donors (Lipinski definition) is 2. The van der Waals surface area contributed by atoms with Gasteiger partial charge in [-0.25, -0.2) is 5.43 Å². The first-order valence-corrected chi connectivity index (χ1v) is 8.40. The molecule has 0 bridgehead atoms. The molecule has 3 aromatic rings. The van der Waals surface area contributed by atoms with Crippen molar-refractivity contribution in [3.05, 3.63) is 59.8 Å². The van der Waals surface area contributed by atoms with Gasteiger partial charge >= 0.3 is 0 Å². The molecule has 0 spiro atoms. The zero-order valence-electron chi connectivity index (χ0n) is 15.7. The highest BCUT2D eigenvalue weighted by Gasteiger charge is 2.12. The highest BCUT2D eigenvalue weighted by Crippen LogP contribution is 2.31. The number of carbonyl (C=O) groups excluding carboxylic acids is 1. The Morgan fingerprint density at radius 2 is 1.75 bits per heavy atom. The van der Waals surface area contributed by atoms with Gasteiger partial charge in [0.1, 0.15) is 11.4 Å². The van der Waals surface area contributed by atoms with Crippen LogP contribution in [0.3, 0.4) is 0 Å². The molecule has 28 heavy (non-hydrogen) atoms. The van der Waals surface area contributed by atoms with Crippen LogP contribution in [0, 0.1) is 0 Å². The Morgan fingerprint density at radius 1 is 1.00 bits per heavy atom. The summed E-state index contributed by atoms with van der Waals surface area (Å²) in [6, 6.07) is 14.3. The minimum Gasteiger partial charge on any atom is -0.497 e. The second kappa shape index (κ2) is 8.72. The number of nitrogens with one attached hydrogen (secondary N) is 2. The van der Waals surface area contributed by atoms with Gasteiger partial charge in [0.2, 0.25) is 0 Å². The van der Waals surface area contributed by atoms with E-state index in [-0.39, 0.29) is 5.69 Å². The van der Waals surface area contributed by atoms with E-state index in [2.05, 4.69) is 20.7 Å². The van der Waals surface area contributed by atoms with Gasteiger partial charge in [-0.05, 0) is 54.1 Å². The van der Waals surface area contributed by atoms with E-state index in [1.807, 2.05) is 30.3 Å². The highest BCUT2D eigenvalue weighted by molar-refractivity contribution is 5.94. The number of methoxy groups -OCH3 is 3. The van der Waals surface area contributed by atoms with Crippen LogP contribution < -0.4 is 19.6 Å². The van der Waals surface area contributed by atoms with Crippen molar-refractivity contribution < 1.29 is 19.0 Å². The number of aromatic amines is 1. The maximum Gasteiger partial charge on any atom is 0.289 e. The summed E-state index contributed by atoms with van der Waals surface area (Å²) in [7, 11) is 4.73. The minimum absolute atomic E-state index is 0.289. The van der Waals surface area contributed by atoms with Crippen molar-refractivity contribution >= 4 is 12.1 Å². The standard InChI is InChI=1S/C20H20N4O4/c1-26-15-7-4-13(5-8-15)12-21-24-20(25)17-11-16(22-23-17)14-6-9-18(27-2)19(10-14)28-3/h4-12H,1-3H3,(H,22,23)(H,24,25)/b21-12-. The quantitative estimate of drug-likeness (QED) is 0.485. The van der Waals surface area contributed by atoms with Crippen LogP contribution in [0.4, 0.5) is 0 Å². The average Bonchev–Trinajstić information content (AvgIpc) is 3.24. The van der Waals surface area contributed by atoms with Crippen LogP contribution in [0.1, 0.15) is 16.1 Å². The Morgan fingerprint density at radius 3 is 2.43 bits per heavy atom. The lowest BCUT2D eigenvalue weighted by Crippen LogP contribution is -2.17. The van der Waals surface area contributed by atoms with E-state index >= 15 is 0 Å². The van der Waals surface area contributed by atoms with Crippen LogP contribution in [0.2, 0.25) is 0 Å². The summed E-state index contributed by atoms with van der Waals surface area (Å²) >= 11 is 0. The number of rotatable bonds is 7. The highest BCUT2D eigenvalue weighted by atomic mass is 16.5. The molecule has 0 saturated carbocycles. The van der Waals surface area contributed by atoms with Crippen molar-refractivity contribution in [2.45, 2.75) is 0 Å². The molecule has 0 aliphatic rings. The van der Waals surface area contributed by atoms with Gasteiger partial charge in [0.25, 0.3) is 5.91 Å². The number of hydrogen-bond acceptors (Lipinski definition) is 6. The lowest BCUT2D eigenvalue weighted by Gasteiger charge is -2.08. The number of aromatic nitrogens is 2. The molecule has 0 fully saturated rings. The average molecular weight is 380 g/mol. The zero-order valence-corrected chi connectivity index (χ0v) is 15.7. The Kier molecular flexibility index (Phi) is 5.91. The van der Waals surface area contributed by atoms with Crippen molar-refractivity contribution in [2.24, 2.45) is 5.10 Å². The molecule has 0 atom stereocenters. The van der Waals surface area contributed by atoms with Crippen LogP contribution >= 0.6 is 0 Å². The molecule has 1 heterocycles. The molecule has 0 aliphatic carbocycles. The Bertz CT molecular complexity index is 980. The molecule has 3 rings (SSSR count). The number of benzene rings is 2. The molecular formula is C20H20N4O4. The molecule has 8 nitrogen and oxygen atoms in total. The number of nitrogens with zero attached hydrogens (tertiary/aromatic N) is 2. The SMILES string of the molecule is COc1ccc(/C=N\NC(=O)c2cc(-c3ccc(OC)c(OC)c3)n[nH]2)cc1. The van der Waals surface area contributed by atoms with Gasteiger partial charge in [-0.15, -0.1) is 0 Å². The van der Waals surface area contributed by atoms with E-state index in [0.29, 0.717) is 17.2 Å². The van der Waals surface area contributed by atoms with Gasteiger partial charge in [-0.1, -0.05) is 0 Å². The van der Waals surface area contributed by atoms with E-state index < -0.39 is 5.91 Å². The summed E-state index contributed by atoms with van der Waals surface area (Å²) < 4.78 is 15.6. The molecule has 2 aromatic carbocycles. The fourth-order valence-electron chi connectivity index (χ4n) is 2.50. The first kappa shape index (κ1) is 19.0. The molecule has 0 unspecified atom stereocenters. The van der Waals surface area contributed by atoms with Gasteiger partial charge in [0.15, 0.2) is 11.5 Å². The molecule has 1 amide bonds. The van der Waals surface area contributed by atoms with E-state index in [9.17, 15) is 4.79 Å². The first-order chi connectivity index (χ1) is 13.6. The van der Waals surface area contributed by atoms with Crippen molar-refractivity contribution in [2.75, 3.05) is 21.3 Å². The maximum atomic E-state index is 12.2. The largest absolute Gasteiger partial charge is 0.497 e. The molecule has 0 radical (unpaired) electrons.